The molecular weight excluding hydrogens is 136 g/mol. The fourth-order valence-electron chi connectivity index (χ4n) is 0.499. The van der Waals surface area contributed by atoms with Crippen molar-refractivity contribution in [3.8, 4) is 0 Å². The van der Waals surface area contributed by atoms with Gasteiger partial charge >= 0.3 is 0 Å². The largest absolute Gasteiger partial charge is 0.394 e. The van der Waals surface area contributed by atoms with E-state index in [0.29, 0.717) is 0 Å². The molecule has 0 aliphatic carbocycles. The molecule has 1 heterocycles. The van der Waals surface area contributed by atoms with Crippen LogP contribution < -0.4 is 5.73 Å². The van der Waals surface area contributed by atoms with Crippen LogP contribution in [0, 0.1) is 0 Å². The highest BCUT2D eigenvalue weighted by molar-refractivity contribution is 7.07. The molecule has 0 spiro atoms. The lowest BCUT2D eigenvalue weighted by atomic mass is 10.3. The predicted octanol–water partition coefficient (Wildman–Crippen LogP) is 0.135. The van der Waals surface area contributed by atoms with Crippen LogP contribution in [-0.4, -0.2) is 16.7 Å². The number of nitrogens with zero attached hydrogens (tertiary/aromatic N) is 1. The van der Waals surface area contributed by atoms with E-state index in [4.69, 9.17) is 10.8 Å². The SMILES string of the molecule is NC(CO)c1cscn1. The van der Waals surface area contributed by atoms with Gasteiger partial charge in [-0.3, -0.25) is 0 Å². The Labute approximate surface area is 57.2 Å². The third-order valence-corrected chi connectivity index (χ3v) is 1.63. The summed E-state index contributed by atoms with van der Waals surface area (Å²) in [5, 5.41) is 10.4. The van der Waals surface area contributed by atoms with Crippen molar-refractivity contribution in [2.75, 3.05) is 6.61 Å². The minimum atomic E-state index is -0.309. The number of thiazole rings is 1. The van der Waals surface area contributed by atoms with Gasteiger partial charge in [-0.2, -0.15) is 0 Å². The van der Waals surface area contributed by atoms with Gasteiger partial charge in [-0.1, -0.05) is 0 Å². The first kappa shape index (κ1) is 6.67. The molecule has 0 fully saturated rings. The Hall–Kier alpha value is -0.450. The van der Waals surface area contributed by atoms with Crippen LogP contribution in [-0.2, 0) is 0 Å². The summed E-state index contributed by atoms with van der Waals surface area (Å²) in [7, 11) is 0. The summed E-state index contributed by atoms with van der Waals surface area (Å²) in [4.78, 5) is 3.92. The molecule has 0 aliphatic rings. The second kappa shape index (κ2) is 2.91. The first-order chi connectivity index (χ1) is 4.34. The zero-order valence-electron chi connectivity index (χ0n) is 4.82. The monoisotopic (exact) mass is 144 g/mol. The number of hydrogen-bond donors (Lipinski definition) is 2. The van der Waals surface area contributed by atoms with E-state index in [-0.39, 0.29) is 12.6 Å². The van der Waals surface area contributed by atoms with Crippen molar-refractivity contribution in [1.82, 2.24) is 4.98 Å². The molecule has 50 valence electrons. The van der Waals surface area contributed by atoms with Gasteiger partial charge < -0.3 is 10.8 Å². The first-order valence-corrected chi connectivity index (χ1v) is 3.53. The van der Waals surface area contributed by atoms with E-state index < -0.39 is 0 Å². The summed E-state index contributed by atoms with van der Waals surface area (Å²) in [5.74, 6) is 0. The number of aliphatic hydroxyl groups is 1. The molecule has 1 rings (SSSR count). The summed E-state index contributed by atoms with van der Waals surface area (Å²) in [6.07, 6.45) is 0. The van der Waals surface area contributed by atoms with Crippen molar-refractivity contribution >= 4 is 11.3 Å². The van der Waals surface area contributed by atoms with Crippen LogP contribution in [0.15, 0.2) is 10.9 Å². The van der Waals surface area contributed by atoms with E-state index in [1.807, 2.05) is 5.38 Å². The molecule has 0 saturated carbocycles. The number of hydrogen-bond acceptors (Lipinski definition) is 4. The molecule has 3 N–H and O–H groups in total. The van der Waals surface area contributed by atoms with Crippen molar-refractivity contribution in [3.05, 3.63) is 16.6 Å². The van der Waals surface area contributed by atoms with Crippen molar-refractivity contribution in [2.45, 2.75) is 6.04 Å². The van der Waals surface area contributed by atoms with E-state index in [1.54, 1.807) is 5.51 Å². The molecule has 3 nitrogen and oxygen atoms in total. The summed E-state index contributed by atoms with van der Waals surface area (Å²) in [6.45, 7) is -0.0380. The standard InChI is InChI=1S/C5H8N2OS/c6-4(1-8)5-2-9-3-7-5/h2-4,8H,1,6H2. The summed E-state index contributed by atoms with van der Waals surface area (Å²) >= 11 is 1.48. The number of rotatable bonds is 2. The van der Waals surface area contributed by atoms with Crippen LogP contribution >= 0.6 is 11.3 Å². The highest BCUT2D eigenvalue weighted by atomic mass is 32.1. The zero-order valence-corrected chi connectivity index (χ0v) is 5.64. The van der Waals surface area contributed by atoms with Crippen LogP contribution in [0.25, 0.3) is 0 Å². The molecular formula is C5H8N2OS. The molecule has 9 heavy (non-hydrogen) atoms. The van der Waals surface area contributed by atoms with Gasteiger partial charge in [0, 0.05) is 5.38 Å². The topological polar surface area (TPSA) is 59.1 Å². The smallest absolute Gasteiger partial charge is 0.0795 e. The van der Waals surface area contributed by atoms with Crippen LogP contribution in [0.5, 0.6) is 0 Å². The minimum absolute atomic E-state index is 0.0380. The third-order valence-electron chi connectivity index (χ3n) is 1.03. The Bertz CT molecular complexity index is 163. The lowest BCUT2D eigenvalue weighted by molar-refractivity contribution is 0.266. The van der Waals surface area contributed by atoms with Crippen molar-refractivity contribution in [3.63, 3.8) is 0 Å². The predicted molar refractivity (Wildman–Crippen MR) is 36.1 cm³/mol. The number of aliphatic hydroxyl groups excluding tert-OH is 1. The van der Waals surface area contributed by atoms with Gasteiger partial charge in [0.25, 0.3) is 0 Å². The maximum absolute atomic E-state index is 8.55. The molecule has 0 aromatic carbocycles. The van der Waals surface area contributed by atoms with Crippen LogP contribution in [0.4, 0.5) is 0 Å². The first-order valence-electron chi connectivity index (χ1n) is 2.59. The van der Waals surface area contributed by atoms with E-state index in [2.05, 4.69) is 4.98 Å². The quantitative estimate of drug-likeness (QED) is 0.620. The van der Waals surface area contributed by atoms with E-state index in [0.717, 1.165) is 5.69 Å². The maximum Gasteiger partial charge on any atom is 0.0795 e. The van der Waals surface area contributed by atoms with Crippen molar-refractivity contribution < 1.29 is 5.11 Å². The fourth-order valence-corrected chi connectivity index (χ4v) is 1.12. The van der Waals surface area contributed by atoms with Gasteiger partial charge in [-0.15, -0.1) is 11.3 Å². The molecule has 1 aromatic heterocycles. The highest BCUT2D eigenvalue weighted by Crippen LogP contribution is 2.08. The van der Waals surface area contributed by atoms with E-state index in [9.17, 15) is 0 Å². The third kappa shape index (κ3) is 1.48. The average Bonchev–Trinajstić information content (AvgIpc) is 2.37. The van der Waals surface area contributed by atoms with Crippen molar-refractivity contribution in [2.24, 2.45) is 5.73 Å². The van der Waals surface area contributed by atoms with E-state index in [1.165, 1.54) is 11.3 Å². The molecule has 1 atom stereocenters. The second-order valence-electron chi connectivity index (χ2n) is 1.70. The molecule has 0 amide bonds. The Morgan fingerprint density at radius 3 is 3.11 bits per heavy atom. The lowest BCUT2D eigenvalue weighted by Gasteiger charge is -2.00. The average molecular weight is 144 g/mol. The van der Waals surface area contributed by atoms with Crippen molar-refractivity contribution in [1.29, 1.82) is 0 Å². The Kier molecular flexibility index (Phi) is 2.16. The van der Waals surface area contributed by atoms with Gasteiger partial charge in [-0.05, 0) is 0 Å². The normalized spacial score (nSPS) is 13.6. The maximum atomic E-state index is 8.55. The molecule has 4 heteroatoms. The number of nitrogens with two attached hydrogens (primary N) is 1. The van der Waals surface area contributed by atoms with E-state index >= 15 is 0 Å². The Morgan fingerprint density at radius 2 is 2.67 bits per heavy atom. The highest BCUT2D eigenvalue weighted by Gasteiger charge is 2.03. The molecule has 0 radical (unpaired) electrons. The summed E-state index contributed by atoms with van der Waals surface area (Å²) in [5.41, 5.74) is 7.90. The Balaban J connectivity index is 2.65. The molecule has 0 aliphatic heterocycles. The molecule has 1 aromatic rings. The molecule has 0 saturated heterocycles. The van der Waals surface area contributed by atoms with Gasteiger partial charge in [-0.25, -0.2) is 4.98 Å². The lowest BCUT2D eigenvalue weighted by Crippen LogP contribution is -2.14. The second-order valence-corrected chi connectivity index (χ2v) is 2.42. The minimum Gasteiger partial charge on any atom is -0.394 e. The van der Waals surface area contributed by atoms with Gasteiger partial charge in [0.1, 0.15) is 0 Å². The fraction of sp³-hybridized carbons (Fsp3) is 0.400. The van der Waals surface area contributed by atoms with Gasteiger partial charge in [0.2, 0.25) is 0 Å². The summed E-state index contributed by atoms with van der Waals surface area (Å²) in [6, 6.07) is -0.309. The van der Waals surface area contributed by atoms with Crippen LogP contribution in [0.3, 0.4) is 0 Å². The molecule has 1 unspecified atom stereocenters. The zero-order chi connectivity index (χ0) is 6.69. The Morgan fingerprint density at radius 1 is 1.89 bits per heavy atom. The van der Waals surface area contributed by atoms with Crippen LogP contribution in [0.2, 0.25) is 0 Å². The summed E-state index contributed by atoms with van der Waals surface area (Å²) < 4.78 is 0. The van der Waals surface area contributed by atoms with Gasteiger partial charge in [0.05, 0.1) is 23.9 Å². The van der Waals surface area contributed by atoms with Crippen LogP contribution in [0.1, 0.15) is 11.7 Å². The molecule has 0 bridgehead atoms. The van der Waals surface area contributed by atoms with Gasteiger partial charge in [0.15, 0.2) is 0 Å². The number of aromatic nitrogens is 1.